The summed E-state index contributed by atoms with van der Waals surface area (Å²) in [6.45, 7) is 3.24. The minimum Gasteiger partial charge on any atom is -0.368 e. The van der Waals surface area contributed by atoms with Crippen LogP contribution in [0.5, 0.6) is 0 Å². The van der Waals surface area contributed by atoms with Crippen LogP contribution in [0.25, 0.3) is 10.9 Å². The number of aryl methyl sites for hydroxylation is 1. The number of benzene rings is 1. The lowest BCUT2D eigenvalue weighted by molar-refractivity contribution is 0.603. The molecule has 1 aliphatic heterocycles. The third kappa shape index (κ3) is 2.62. The van der Waals surface area contributed by atoms with Crippen LogP contribution in [-0.4, -0.2) is 23.5 Å². The van der Waals surface area contributed by atoms with Crippen LogP contribution in [0.3, 0.4) is 0 Å². The minimum absolute atomic E-state index is 0.638. The van der Waals surface area contributed by atoms with E-state index in [9.17, 15) is 0 Å². The highest BCUT2D eigenvalue weighted by Gasteiger charge is 2.25. The van der Waals surface area contributed by atoms with E-state index in [0.29, 0.717) is 6.04 Å². The van der Waals surface area contributed by atoms with Gasteiger partial charge < -0.3 is 4.90 Å². The SMILES string of the molecule is Cc1cc(N2CCCC2CCCCl)c2ccccc2n1. The molecule has 0 saturated carbocycles. The number of aromatic nitrogens is 1. The number of para-hydroxylation sites is 1. The maximum atomic E-state index is 5.87. The van der Waals surface area contributed by atoms with Crippen LogP contribution >= 0.6 is 11.6 Å². The summed E-state index contributed by atoms with van der Waals surface area (Å²) in [7, 11) is 0. The second kappa shape index (κ2) is 6.01. The van der Waals surface area contributed by atoms with Crippen molar-refractivity contribution in [2.75, 3.05) is 17.3 Å². The molecular formula is C17H21ClN2. The molecule has 1 aliphatic rings. The molecule has 1 saturated heterocycles. The third-order valence-corrected chi connectivity index (χ3v) is 4.45. The number of hydrogen-bond acceptors (Lipinski definition) is 2. The van der Waals surface area contributed by atoms with Crippen molar-refractivity contribution in [3.8, 4) is 0 Å². The molecule has 3 heteroatoms. The molecule has 2 heterocycles. The van der Waals surface area contributed by atoms with Gasteiger partial charge in [-0.3, -0.25) is 4.98 Å². The number of alkyl halides is 1. The summed E-state index contributed by atoms with van der Waals surface area (Å²) >= 11 is 5.87. The van der Waals surface area contributed by atoms with Crippen molar-refractivity contribution in [3.05, 3.63) is 36.0 Å². The molecule has 1 aromatic carbocycles. The minimum atomic E-state index is 0.638. The van der Waals surface area contributed by atoms with Gasteiger partial charge in [0, 0.05) is 35.2 Å². The van der Waals surface area contributed by atoms with Crippen molar-refractivity contribution in [2.24, 2.45) is 0 Å². The Hall–Kier alpha value is -1.28. The Morgan fingerprint density at radius 2 is 2.20 bits per heavy atom. The highest BCUT2D eigenvalue weighted by molar-refractivity contribution is 6.17. The lowest BCUT2D eigenvalue weighted by Gasteiger charge is -2.28. The number of hydrogen-bond donors (Lipinski definition) is 0. The molecule has 0 aliphatic carbocycles. The van der Waals surface area contributed by atoms with E-state index >= 15 is 0 Å². The Labute approximate surface area is 125 Å². The van der Waals surface area contributed by atoms with Crippen LogP contribution in [0.1, 0.15) is 31.4 Å². The molecule has 1 atom stereocenters. The maximum absolute atomic E-state index is 5.87. The maximum Gasteiger partial charge on any atom is 0.0726 e. The van der Waals surface area contributed by atoms with Crippen LogP contribution in [0.15, 0.2) is 30.3 Å². The predicted molar refractivity (Wildman–Crippen MR) is 86.8 cm³/mol. The first kappa shape index (κ1) is 13.7. The van der Waals surface area contributed by atoms with Crippen molar-refractivity contribution in [2.45, 2.75) is 38.6 Å². The molecule has 0 bridgehead atoms. The highest BCUT2D eigenvalue weighted by atomic mass is 35.5. The second-order valence-electron chi connectivity index (χ2n) is 5.62. The van der Waals surface area contributed by atoms with Gasteiger partial charge in [-0.15, -0.1) is 11.6 Å². The molecular weight excluding hydrogens is 268 g/mol. The lowest BCUT2D eigenvalue weighted by atomic mass is 10.1. The number of anilines is 1. The molecule has 1 fully saturated rings. The zero-order valence-corrected chi connectivity index (χ0v) is 12.7. The van der Waals surface area contributed by atoms with Gasteiger partial charge in [0.15, 0.2) is 0 Å². The monoisotopic (exact) mass is 288 g/mol. The zero-order valence-electron chi connectivity index (χ0n) is 12.0. The molecule has 0 radical (unpaired) electrons. The molecule has 106 valence electrons. The Bertz CT molecular complexity index is 597. The van der Waals surface area contributed by atoms with Crippen LogP contribution < -0.4 is 4.90 Å². The van der Waals surface area contributed by atoms with E-state index in [0.717, 1.165) is 30.1 Å². The fraction of sp³-hybridized carbons (Fsp3) is 0.471. The lowest BCUT2D eigenvalue weighted by Crippen LogP contribution is -2.29. The summed E-state index contributed by atoms with van der Waals surface area (Å²) in [5.74, 6) is 0.764. The van der Waals surface area contributed by atoms with Gasteiger partial charge in [-0.05, 0) is 44.7 Å². The van der Waals surface area contributed by atoms with E-state index in [4.69, 9.17) is 11.6 Å². The number of rotatable bonds is 4. The van der Waals surface area contributed by atoms with E-state index in [-0.39, 0.29) is 0 Å². The summed E-state index contributed by atoms with van der Waals surface area (Å²) in [4.78, 5) is 7.22. The topological polar surface area (TPSA) is 16.1 Å². The Morgan fingerprint density at radius 1 is 1.35 bits per heavy atom. The van der Waals surface area contributed by atoms with Gasteiger partial charge in [-0.25, -0.2) is 0 Å². The molecule has 0 spiro atoms. The van der Waals surface area contributed by atoms with Gasteiger partial charge in [-0.2, -0.15) is 0 Å². The first-order valence-electron chi connectivity index (χ1n) is 7.48. The molecule has 1 unspecified atom stereocenters. The molecule has 2 aromatic rings. The Balaban J connectivity index is 2.00. The first-order valence-corrected chi connectivity index (χ1v) is 8.02. The van der Waals surface area contributed by atoms with Gasteiger partial charge in [0.2, 0.25) is 0 Å². The van der Waals surface area contributed by atoms with Gasteiger partial charge in [-0.1, -0.05) is 18.2 Å². The van der Waals surface area contributed by atoms with Crippen LogP contribution in [0.4, 0.5) is 5.69 Å². The average molecular weight is 289 g/mol. The van der Waals surface area contributed by atoms with Gasteiger partial charge >= 0.3 is 0 Å². The van der Waals surface area contributed by atoms with Crippen LogP contribution in [0, 0.1) is 6.92 Å². The molecule has 20 heavy (non-hydrogen) atoms. The van der Waals surface area contributed by atoms with Crippen molar-refractivity contribution in [1.29, 1.82) is 0 Å². The van der Waals surface area contributed by atoms with E-state index in [1.807, 2.05) is 0 Å². The fourth-order valence-corrected chi connectivity index (χ4v) is 3.44. The first-order chi connectivity index (χ1) is 9.79. The van der Waals surface area contributed by atoms with Crippen molar-refractivity contribution < 1.29 is 0 Å². The molecule has 0 amide bonds. The largest absolute Gasteiger partial charge is 0.368 e. The summed E-state index contributed by atoms with van der Waals surface area (Å²) in [5.41, 5.74) is 3.55. The fourth-order valence-electron chi connectivity index (χ4n) is 3.29. The predicted octanol–water partition coefficient (Wildman–Crippen LogP) is 4.53. The standard InChI is InChI=1S/C17H21ClN2/c1-13-12-17(15-8-2-3-9-16(15)19-13)20-11-5-7-14(20)6-4-10-18/h2-3,8-9,12,14H,4-7,10-11H2,1H3. The highest BCUT2D eigenvalue weighted by Crippen LogP contribution is 2.33. The van der Waals surface area contributed by atoms with E-state index < -0.39 is 0 Å². The average Bonchev–Trinajstić information content (AvgIpc) is 2.92. The van der Waals surface area contributed by atoms with E-state index in [1.165, 1.54) is 30.3 Å². The van der Waals surface area contributed by atoms with E-state index in [1.54, 1.807) is 0 Å². The number of pyridine rings is 1. The van der Waals surface area contributed by atoms with Crippen molar-refractivity contribution in [1.82, 2.24) is 4.98 Å². The van der Waals surface area contributed by atoms with Gasteiger partial charge in [0.25, 0.3) is 0 Å². The zero-order chi connectivity index (χ0) is 13.9. The number of nitrogens with zero attached hydrogens (tertiary/aromatic N) is 2. The Kier molecular flexibility index (Phi) is 4.11. The summed E-state index contributed by atoms with van der Waals surface area (Å²) in [5, 5.41) is 1.27. The summed E-state index contributed by atoms with van der Waals surface area (Å²) in [6, 6.07) is 11.3. The van der Waals surface area contributed by atoms with Crippen molar-refractivity contribution >= 4 is 28.2 Å². The quantitative estimate of drug-likeness (QED) is 0.768. The van der Waals surface area contributed by atoms with Crippen molar-refractivity contribution in [3.63, 3.8) is 0 Å². The smallest absolute Gasteiger partial charge is 0.0726 e. The summed E-state index contributed by atoms with van der Waals surface area (Å²) in [6.07, 6.45) is 4.86. The van der Waals surface area contributed by atoms with Gasteiger partial charge in [0.05, 0.1) is 5.52 Å². The second-order valence-corrected chi connectivity index (χ2v) is 6.00. The molecule has 0 N–H and O–H groups in total. The van der Waals surface area contributed by atoms with E-state index in [2.05, 4.69) is 47.1 Å². The van der Waals surface area contributed by atoms with Crippen LogP contribution in [0.2, 0.25) is 0 Å². The van der Waals surface area contributed by atoms with Crippen LogP contribution in [-0.2, 0) is 0 Å². The molecule has 1 aromatic heterocycles. The Morgan fingerprint density at radius 3 is 3.05 bits per heavy atom. The molecule has 2 nitrogen and oxygen atoms in total. The molecule has 3 rings (SSSR count). The number of halogens is 1. The number of fused-ring (bicyclic) bond motifs is 1. The summed E-state index contributed by atoms with van der Waals surface area (Å²) < 4.78 is 0. The normalized spacial score (nSPS) is 18.9. The third-order valence-electron chi connectivity index (χ3n) is 4.18. The van der Waals surface area contributed by atoms with Gasteiger partial charge in [0.1, 0.15) is 0 Å².